The van der Waals surface area contributed by atoms with Crippen molar-refractivity contribution in [2.24, 2.45) is 0 Å². The summed E-state index contributed by atoms with van der Waals surface area (Å²) in [6.45, 7) is 4.28. The van der Waals surface area contributed by atoms with Gasteiger partial charge in [0.2, 0.25) is 0 Å². The second kappa shape index (κ2) is 4.99. The third-order valence-electron chi connectivity index (χ3n) is 4.32. The minimum Gasteiger partial charge on any atom is -0.462 e. The van der Waals surface area contributed by atoms with Gasteiger partial charge in [0.1, 0.15) is 5.52 Å². The predicted octanol–water partition coefficient (Wildman–Crippen LogP) is 5.19. The number of rotatable bonds is 2. The van der Waals surface area contributed by atoms with Crippen molar-refractivity contribution >= 4 is 22.0 Å². The molecule has 0 saturated carbocycles. The molecular weight excluding hydrogens is 270 g/mol. The maximum atomic E-state index is 5.74. The minimum atomic E-state index is 0.854. The maximum absolute atomic E-state index is 5.74. The number of pyridine rings is 1. The summed E-state index contributed by atoms with van der Waals surface area (Å²) in [5.41, 5.74) is 7.94. The zero-order chi connectivity index (χ0) is 15.1. The van der Waals surface area contributed by atoms with Crippen molar-refractivity contribution in [1.82, 2.24) is 4.98 Å². The van der Waals surface area contributed by atoms with E-state index >= 15 is 0 Å². The number of nitrogens with zero attached hydrogens (tertiary/aromatic N) is 1. The summed E-state index contributed by atoms with van der Waals surface area (Å²) in [7, 11) is 0. The molecule has 0 aliphatic carbocycles. The van der Waals surface area contributed by atoms with E-state index in [-0.39, 0.29) is 0 Å². The average molecular weight is 287 g/mol. The molecule has 2 heteroatoms. The van der Waals surface area contributed by atoms with Crippen molar-refractivity contribution in [3.63, 3.8) is 0 Å². The molecule has 2 nitrogen and oxygen atoms in total. The Labute approximate surface area is 129 Å². The van der Waals surface area contributed by atoms with E-state index in [0.717, 1.165) is 23.0 Å². The average Bonchev–Trinajstić information content (AvgIpc) is 2.98. The highest BCUT2D eigenvalue weighted by Gasteiger charge is 2.13. The molecule has 4 aromatic rings. The SMILES string of the molecule is Cc1cc2nc3ccoc3c(Cc3ccccc3)c2cc1C. The first-order valence-electron chi connectivity index (χ1n) is 7.53. The van der Waals surface area contributed by atoms with Crippen molar-refractivity contribution in [2.45, 2.75) is 20.3 Å². The lowest BCUT2D eigenvalue weighted by atomic mass is 9.97. The molecule has 0 fully saturated rings. The van der Waals surface area contributed by atoms with Gasteiger partial charge < -0.3 is 4.42 Å². The molecule has 0 saturated heterocycles. The van der Waals surface area contributed by atoms with E-state index in [4.69, 9.17) is 9.40 Å². The predicted molar refractivity (Wildman–Crippen MR) is 90.2 cm³/mol. The van der Waals surface area contributed by atoms with Gasteiger partial charge in [-0.05, 0) is 42.7 Å². The van der Waals surface area contributed by atoms with Crippen LogP contribution in [0.1, 0.15) is 22.3 Å². The molecule has 2 heterocycles. The fraction of sp³-hybridized carbons (Fsp3) is 0.150. The molecule has 0 radical (unpaired) electrons. The van der Waals surface area contributed by atoms with Crippen LogP contribution in [-0.2, 0) is 6.42 Å². The van der Waals surface area contributed by atoms with Crippen LogP contribution in [0.2, 0.25) is 0 Å². The largest absolute Gasteiger partial charge is 0.462 e. The van der Waals surface area contributed by atoms with E-state index in [0.29, 0.717) is 0 Å². The Morgan fingerprint density at radius 2 is 1.68 bits per heavy atom. The third-order valence-corrected chi connectivity index (χ3v) is 4.32. The summed E-state index contributed by atoms with van der Waals surface area (Å²) in [5.74, 6) is 0. The number of benzene rings is 2. The van der Waals surface area contributed by atoms with E-state index in [2.05, 4.69) is 50.2 Å². The molecule has 0 unspecified atom stereocenters. The van der Waals surface area contributed by atoms with E-state index in [1.807, 2.05) is 12.1 Å². The van der Waals surface area contributed by atoms with Crippen LogP contribution in [0.15, 0.2) is 59.2 Å². The Balaban J connectivity index is 2.03. The van der Waals surface area contributed by atoms with Gasteiger partial charge in [0, 0.05) is 23.4 Å². The molecule has 0 aliphatic rings. The Morgan fingerprint density at radius 3 is 2.50 bits per heavy atom. The lowest BCUT2D eigenvalue weighted by Gasteiger charge is -2.10. The molecule has 108 valence electrons. The van der Waals surface area contributed by atoms with Gasteiger partial charge in [0.05, 0.1) is 11.8 Å². The topological polar surface area (TPSA) is 26.0 Å². The van der Waals surface area contributed by atoms with Crippen LogP contribution in [-0.4, -0.2) is 4.98 Å². The molecule has 0 N–H and O–H groups in total. The monoisotopic (exact) mass is 287 g/mol. The summed E-state index contributed by atoms with van der Waals surface area (Å²) in [6, 6.07) is 16.9. The summed E-state index contributed by atoms with van der Waals surface area (Å²) in [6.07, 6.45) is 2.58. The highest BCUT2D eigenvalue weighted by Crippen LogP contribution is 2.30. The van der Waals surface area contributed by atoms with Crippen molar-refractivity contribution < 1.29 is 4.42 Å². The first-order chi connectivity index (χ1) is 10.7. The van der Waals surface area contributed by atoms with Gasteiger partial charge in [-0.15, -0.1) is 0 Å². The van der Waals surface area contributed by atoms with Gasteiger partial charge in [-0.2, -0.15) is 0 Å². The number of fused-ring (bicyclic) bond motifs is 2. The zero-order valence-electron chi connectivity index (χ0n) is 12.8. The Bertz CT molecular complexity index is 967. The van der Waals surface area contributed by atoms with Crippen molar-refractivity contribution in [1.29, 1.82) is 0 Å². The second-order valence-corrected chi connectivity index (χ2v) is 5.84. The van der Waals surface area contributed by atoms with Gasteiger partial charge in [-0.3, -0.25) is 0 Å². The van der Waals surface area contributed by atoms with Crippen LogP contribution in [0.25, 0.3) is 22.0 Å². The summed E-state index contributed by atoms with van der Waals surface area (Å²) >= 11 is 0. The lowest BCUT2D eigenvalue weighted by molar-refractivity contribution is 0.612. The van der Waals surface area contributed by atoms with E-state index in [1.54, 1.807) is 6.26 Å². The summed E-state index contributed by atoms with van der Waals surface area (Å²) in [5, 5.41) is 1.19. The highest BCUT2D eigenvalue weighted by molar-refractivity contribution is 5.95. The molecule has 2 aromatic carbocycles. The Morgan fingerprint density at radius 1 is 0.909 bits per heavy atom. The normalized spacial score (nSPS) is 11.4. The first-order valence-corrected chi connectivity index (χ1v) is 7.53. The van der Waals surface area contributed by atoms with Crippen molar-refractivity contribution in [2.75, 3.05) is 0 Å². The highest BCUT2D eigenvalue weighted by atomic mass is 16.3. The van der Waals surface area contributed by atoms with Gasteiger partial charge in [0.25, 0.3) is 0 Å². The summed E-state index contributed by atoms with van der Waals surface area (Å²) < 4.78 is 5.74. The zero-order valence-corrected chi connectivity index (χ0v) is 12.8. The first kappa shape index (κ1) is 13.1. The second-order valence-electron chi connectivity index (χ2n) is 5.84. The number of hydrogen-bond acceptors (Lipinski definition) is 2. The van der Waals surface area contributed by atoms with Crippen LogP contribution in [0, 0.1) is 13.8 Å². The maximum Gasteiger partial charge on any atom is 0.156 e. The molecule has 0 atom stereocenters. The number of aromatic nitrogens is 1. The van der Waals surface area contributed by atoms with Gasteiger partial charge in [0.15, 0.2) is 5.58 Å². The Hall–Kier alpha value is -2.61. The molecule has 0 aliphatic heterocycles. The molecule has 4 rings (SSSR count). The number of aryl methyl sites for hydroxylation is 2. The van der Waals surface area contributed by atoms with Gasteiger partial charge in [-0.25, -0.2) is 4.98 Å². The van der Waals surface area contributed by atoms with Gasteiger partial charge in [-0.1, -0.05) is 30.3 Å². The molecule has 0 bridgehead atoms. The fourth-order valence-corrected chi connectivity index (χ4v) is 2.98. The molecular formula is C20H17NO. The smallest absolute Gasteiger partial charge is 0.156 e. The fourth-order valence-electron chi connectivity index (χ4n) is 2.98. The van der Waals surface area contributed by atoms with Crippen LogP contribution in [0.4, 0.5) is 0 Å². The summed E-state index contributed by atoms with van der Waals surface area (Å²) in [4.78, 5) is 4.75. The van der Waals surface area contributed by atoms with E-state index in [9.17, 15) is 0 Å². The quantitative estimate of drug-likeness (QED) is 0.507. The van der Waals surface area contributed by atoms with E-state index in [1.165, 1.54) is 27.6 Å². The van der Waals surface area contributed by atoms with Crippen LogP contribution in [0.5, 0.6) is 0 Å². The van der Waals surface area contributed by atoms with Gasteiger partial charge >= 0.3 is 0 Å². The number of furan rings is 1. The molecule has 22 heavy (non-hydrogen) atoms. The standard InChI is InChI=1S/C20H17NO/c1-13-10-16-17(12-15-6-4-3-5-7-15)20-18(8-9-22-20)21-19(16)11-14(13)2/h3-11H,12H2,1-2H3. The van der Waals surface area contributed by atoms with Crippen molar-refractivity contribution in [3.05, 3.63) is 77.0 Å². The van der Waals surface area contributed by atoms with Crippen LogP contribution >= 0.6 is 0 Å². The van der Waals surface area contributed by atoms with E-state index < -0.39 is 0 Å². The van der Waals surface area contributed by atoms with Crippen molar-refractivity contribution in [3.8, 4) is 0 Å². The third kappa shape index (κ3) is 2.08. The van der Waals surface area contributed by atoms with Crippen LogP contribution < -0.4 is 0 Å². The number of hydrogen-bond donors (Lipinski definition) is 0. The van der Waals surface area contributed by atoms with Crippen LogP contribution in [0.3, 0.4) is 0 Å². The molecule has 2 aromatic heterocycles. The minimum absolute atomic E-state index is 0.854. The Kier molecular flexibility index (Phi) is 2.97. The molecule has 0 spiro atoms. The lowest BCUT2D eigenvalue weighted by Crippen LogP contribution is -1.95. The molecule has 0 amide bonds.